The largest absolute Gasteiger partial charge is 0.444 e. The van der Waals surface area contributed by atoms with Gasteiger partial charge >= 0.3 is 12.2 Å². The fourth-order valence-corrected chi connectivity index (χ4v) is 1.89. The molecule has 0 radical (unpaired) electrons. The van der Waals surface area contributed by atoms with Gasteiger partial charge in [-0.15, -0.1) is 0 Å². The first-order valence-electron chi connectivity index (χ1n) is 6.66. The molecule has 6 heteroatoms. The van der Waals surface area contributed by atoms with E-state index < -0.39 is 17.8 Å². The summed E-state index contributed by atoms with van der Waals surface area (Å²) in [5.41, 5.74) is -0.585. The number of likely N-dealkylation sites (tertiary alicyclic amines) is 1. The Labute approximate surface area is 113 Å². The van der Waals surface area contributed by atoms with Gasteiger partial charge in [-0.25, -0.2) is 4.79 Å². The summed E-state index contributed by atoms with van der Waals surface area (Å²) in [6.07, 6.45) is -2.50. The molecule has 1 aliphatic rings. The van der Waals surface area contributed by atoms with E-state index in [-0.39, 0.29) is 19.1 Å². The molecule has 1 heterocycles. The van der Waals surface area contributed by atoms with Gasteiger partial charge in [-0.2, -0.15) is 8.78 Å². The van der Waals surface area contributed by atoms with Crippen LogP contribution in [-0.4, -0.2) is 41.9 Å². The molecule has 4 nitrogen and oxygen atoms in total. The highest BCUT2D eigenvalue weighted by Crippen LogP contribution is 2.25. The zero-order chi connectivity index (χ0) is 14.7. The highest BCUT2D eigenvalue weighted by atomic mass is 19.3. The number of carbonyl (C=O) groups is 1. The van der Waals surface area contributed by atoms with Gasteiger partial charge in [-0.05, 0) is 33.6 Å². The minimum absolute atomic E-state index is 0.153. The van der Waals surface area contributed by atoms with Crippen LogP contribution >= 0.6 is 0 Å². The van der Waals surface area contributed by atoms with Crippen molar-refractivity contribution < 1.29 is 23.0 Å². The van der Waals surface area contributed by atoms with Crippen LogP contribution in [0.4, 0.5) is 13.6 Å². The summed E-state index contributed by atoms with van der Waals surface area (Å²) in [5, 5.41) is 0. The van der Waals surface area contributed by atoms with Gasteiger partial charge in [-0.1, -0.05) is 6.92 Å². The second kappa shape index (κ2) is 6.03. The second-order valence-electron chi connectivity index (χ2n) is 5.77. The summed E-state index contributed by atoms with van der Waals surface area (Å²) in [4.78, 5) is 13.4. The van der Waals surface area contributed by atoms with Crippen molar-refractivity contribution in [3.8, 4) is 0 Å². The van der Waals surface area contributed by atoms with Gasteiger partial charge in [0.2, 0.25) is 0 Å². The lowest BCUT2D eigenvalue weighted by Gasteiger charge is -2.29. The van der Waals surface area contributed by atoms with Crippen LogP contribution in [-0.2, 0) is 9.47 Å². The zero-order valence-electron chi connectivity index (χ0n) is 12.0. The molecule has 1 amide bonds. The van der Waals surface area contributed by atoms with Crippen LogP contribution in [0.25, 0.3) is 0 Å². The van der Waals surface area contributed by atoms with Crippen LogP contribution < -0.4 is 0 Å². The van der Waals surface area contributed by atoms with Crippen molar-refractivity contribution in [2.24, 2.45) is 0 Å². The molecule has 0 aromatic carbocycles. The Kier molecular flexibility index (Phi) is 5.12. The normalized spacial score (nSPS) is 20.7. The maximum Gasteiger partial charge on any atom is 0.410 e. The van der Waals surface area contributed by atoms with Crippen molar-refractivity contribution in [2.45, 2.75) is 64.7 Å². The zero-order valence-corrected chi connectivity index (χ0v) is 12.0. The molecule has 1 rings (SSSR count). The Balaban J connectivity index is 2.52. The molecule has 0 aromatic rings. The fourth-order valence-electron chi connectivity index (χ4n) is 1.89. The maximum atomic E-state index is 13.0. The Hall–Kier alpha value is -0.910. The van der Waals surface area contributed by atoms with E-state index in [1.807, 2.05) is 0 Å². The number of carbonyl (C=O) groups excluding carboxylic acids is 1. The van der Waals surface area contributed by atoms with Crippen molar-refractivity contribution in [1.82, 2.24) is 4.90 Å². The summed E-state index contributed by atoms with van der Waals surface area (Å²) in [6.45, 7) is 7.06. The highest BCUT2D eigenvalue weighted by molar-refractivity contribution is 5.68. The molecule has 1 saturated heterocycles. The van der Waals surface area contributed by atoms with Gasteiger partial charge in [0.05, 0.1) is 12.6 Å². The van der Waals surface area contributed by atoms with Crippen LogP contribution in [0.2, 0.25) is 0 Å². The monoisotopic (exact) mass is 279 g/mol. The van der Waals surface area contributed by atoms with Crippen LogP contribution in [0.1, 0.15) is 47.0 Å². The Morgan fingerprint density at radius 1 is 1.37 bits per heavy atom. The van der Waals surface area contributed by atoms with Crippen LogP contribution in [0.3, 0.4) is 0 Å². The molecule has 0 saturated carbocycles. The van der Waals surface area contributed by atoms with Gasteiger partial charge in [0.25, 0.3) is 0 Å². The Morgan fingerprint density at radius 2 is 2.00 bits per heavy atom. The molecule has 112 valence electrons. The number of alkyl halides is 2. The standard InChI is InChI=1S/C13H23F2NO3/c1-5-13(14,15)18-9-10-7-6-8-16(10)11(17)19-12(2,3)4/h10H,5-9H2,1-4H3/t10-/m0/s1. The van der Waals surface area contributed by atoms with Crippen molar-refractivity contribution >= 4 is 6.09 Å². The number of ether oxygens (including phenoxy) is 2. The molecule has 0 aliphatic carbocycles. The number of hydrogen-bond donors (Lipinski definition) is 0. The molecule has 0 unspecified atom stereocenters. The Bertz CT molecular complexity index is 316. The first-order valence-corrected chi connectivity index (χ1v) is 6.66. The molecule has 0 bridgehead atoms. The van der Waals surface area contributed by atoms with Crippen LogP contribution in [0.5, 0.6) is 0 Å². The molecule has 1 aliphatic heterocycles. The van der Waals surface area contributed by atoms with Gasteiger partial charge in [0.15, 0.2) is 0 Å². The van der Waals surface area contributed by atoms with E-state index in [9.17, 15) is 13.6 Å². The van der Waals surface area contributed by atoms with Crippen LogP contribution in [0, 0.1) is 0 Å². The van der Waals surface area contributed by atoms with Crippen molar-refractivity contribution in [1.29, 1.82) is 0 Å². The van der Waals surface area contributed by atoms with E-state index in [4.69, 9.17) is 4.74 Å². The third-order valence-corrected chi connectivity index (χ3v) is 2.90. The third kappa shape index (κ3) is 5.30. The summed E-state index contributed by atoms with van der Waals surface area (Å²) < 4.78 is 35.9. The molecule has 0 spiro atoms. The molecule has 0 N–H and O–H groups in total. The van der Waals surface area contributed by atoms with E-state index in [1.54, 1.807) is 20.8 Å². The van der Waals surface area contributed by atoms with Gasteiger partial charge in [-0.3, -0.25) is 0 Å². The number of rotatable bonds is 4. The molecule has 19 heavy (non-hydrogen) atoms. The van der Waals surface area contributed by atoms with Gasteiger partial charge < -0.3 is 14.4 Å². The van der Waals surface area contributed by atoms with Crippen molar-refractivity contribution in [3.63, 3.8) is 0 Å². The van der Waals surface area contributed by atoms with Gasteiger partial charge in [0, 0.05) is 13.0 Å². The molecule has 1 fully saturated rings. The number of nitrogens with zero attached hydrogens (tertiary/aromatic N) is 1. The van der Waals surface area contributed by atoms with E-state index >= 15 is 0 Å². The SMILES string of the molecule is CCC(F)(F)OC[C@@H]1CCCN1C(=O)OC(C)(C)C. The van der Waals surface area contributed by atoms with E-state index in [1.165, 1.54) is 11.8 Å². The van der Waals surface area contributed by atoms with Crippen molar-refractivity contribution in [3.05, 3.63) is 0 Å². The predicted octanol–water partition coefficient (Wildman–Crippen LogP) is 3.41. The third-order valence-electron chi connectivity index (χ3n) is 2.90. The lowest BCUT2D eigenvalue weighted by atomic mass is 10.2. The quantitative estimate of drug-likeness (QED) is 0.791. The van der Waals surface area contributed by atoms with E-state index in [2.05, 4.69) is 4.74 Å². The van der Waals surface area contributed by atoms with Gasteiger partial charge in [0.1, 0.15) is 5.60 Å². The number of halogens is 2. The lowest BCUT2D eigenvalue weighted by Crippen LogP contribution is -2.42. The minimum Gasteiger partial charge on any atom is -0.444 e. The van der Waals surface area contributed by atoms with Crippen LogP contribution in [0.15, 0.2) is 0 Å². The summed E-state index contributed by atoms with van der Waals surface area (Å²) >= 11 is 0. The summed E-state index contributed by atoms with van der Waals surface area (Å²) in [5.74, 6) is 0. The van der Waals surface area contributed by atoms with E-state index in [0.717, 1.165) is 6.42 Å². The number of hydrogen-bond acceptors (Lipinski definition) is 3. The topological polar surface area (TPSA) is 38.8 Å². The van der Waals surface area contributed by atoms with E-state index in [0.29, 0.717) is 13.0 Å². The average Bonchev–Trinajstić information content (AvgIpc) is 2.72. The molecule has 0 aromatic heterocycles. The van der Waals surface area contributed by atoms with Crippen molar-refractivity contribution in [2.75, 3.05) is 13.2 Å². The Morgan fingerprint density at radius 3 is 2.53 bits per heavy atom. The summed E-state index contributed by atoms with van der Waals surface area (Å²) in [6, 6.07) is -0.327. The number of amides is 1. The lowest BCUT2D eigenvalue weighted by molar-refractivity contribution is -0.244. The highest BCUT2D eigenvalue weighted by Gasteiger charge is 2.35. The fraction of sp³-hybridized carbons (Fsp3) is 0.923. The molecular formula is C13H23F2NO3. The second-order valence-corrected chi connectivity index (χ2v) is 5.77. The minimum atomic E-state index is -3.12. The first kappa shape index (κ1) is 16.1. The maximum absolute atomic E-state index is 13.0. The summed E-state index contributed by atoms with van der Waals surface area (Å²) in [7, 11) is 0. The smallest absolute Gasteiger partial charge is 0.410 e. The predicted molar refractivity (Wildman–Crippen MR) is 67.2 cm³/mol. The molecule has 1 atom stereocenters. The average molecular weight is 279 g/mol. The molecular weight excluding hydrogens is 256 g/mol. The first-order chi connectivity index (χ1) is 8.64.